The predicted octanol–water partition coefficient (Wildman–Crippen LogP) is 2.01. The van der Waals surface area contributed by atoms with Gasteiger partial charge in [-0.2, -0.15) is 5.10 Å². The van der Waals surface area contributed by atoms with E-state index in [0.717, 1.165) is 11.3 Å². The number of hydrogen-bond donors (Lipinski definition) is 1. The van der Waals surface area contributed by atoms with Gasteiger partial charge in [0.1, 0.15) is 0 Å². The third-order valence-electron chi connectivity index (χ3n) is 3.09. The first-order valence-electron chi connectivity index (χ1n) is 6.11. The van der Waals surface area contributed by atoms with Gasteiger partial charge in [0, 0.05) is 12.8 Å². The minimum atomic E-state index is -3.20. The summed E-state index contributed by atoms with van der Waals surface area (Å²) in [6, 6.07) is 6.05. The first-order valence-corrected chi connectivity index (χ1v) is 8.38. The molecule has 0 bridgehead atoms. The van der Waals surface area contributed by atoms with Crippen molar-refractivity contribution in [3.8, 4) is 0 Å². The average molecular weight is 314 g/mol. The highest BCUT2D eigenvalue weighted by atomic mass is 35.5. The molecule has 1 aromatic heterocycles. The second-order valence-electron chi connectivity index (χ2n) is 4.51. The van der Waals surface area contributed by atoms with Gasteiger partial charge in [-0.3, -0.25) is 4.68 Å². The Morgan fingerprint density at radius 1 is 1.35 bits per heavy atom. The van der Waals surface area contributed by atoms with Crippen LogP contribution in [0.1, 0.15) is 24.2 Å². The Hall–Kier alpha value is -1.37. The van der Waals surface area contributed by atoms with Crippen molar-refractivity contribution in [3.05, 3.63) is 46.7 Å². The molecule has 0 aliphatic rings. The fraction of sp³-hybridized carbons (Fsp3) is 0.308. The van der Waals surface area contributed by atoms with Crippen molar-refractivity contribution < 1.29 is 8.42 Å². The lowest BCUT2D eigenvalue weighted by Gasteiger charge is -2.15. The van der Waals surface area contributed by atoms with E-state index in [-0.39, 0.29) is 4.90 Å². The van der Waals surface area contributed by atoms with E-state index in [1.54, 1.807) is 35.1 Å². The molecular weight excluding hydrogens is 298 g/mol. The number of sulfone groups is 1. The lowest BCUT2D eigenvalue weighted by atomic mass is 10.0. The zero-order valence-corrected chi connectivity index (χ0v) is 12.8. The molecule has 0 aliphatic heterocycles. The summed E-state index contributed by atoms with van der Waals surface area (Å²) in [7, 11) is -3.20. The molecule has 1 heterocycles. The van der Waals surface area contributed by atoms with Crippen LogP contribution in [-0.4, -0.2) is 24.5 Å². The van der Waals surface area contributed by atoms with Crippen LogP contribution in [0.4, 0.5) is 0 Å². The fourth-order valence-corrected chi connectivity index (χ4v) is 2.90. The summed E-state index contributed by atoms with van der Waals surface area (Å²) in [6.45, 7) is 2.61. The molecule has 0 saturated carbocycles. The van der Waals surface area contributed by atoms with Gasteiger partial charge in [-0.1, -0.05) is 23.7 Å². The molecule has 2 rings (SSSR count). The van der Waals surface area contributed by atoms with Crippen molar-refractivity contribution in [1.82, 2.24) is 9.78 Å². The van der Waals surface area contributed by atoms with Gasteiger partial charge in [0.05, 0.1) is 27.9 Å². The van der Waals surface area contributed by atoms with Crippen LogP contribution in [0, 0.1) is 0 Å². The van der Waals surface area contributed by atoms with Crippen LogP contribution in [-0.2, 0) is 16.4 Å². The van der Waals surface area contributed by atoms with Crippen LogP contribution in [0.25, 0.3) is 0 Å². The van der Waals surface area contributed by atoms with Crippen LogP contribution in [0.15, 0.2) is 35.4 Å². The van der Waals surface area contributed by atoms with E-state index in [0.29, 0.717) is 11.6 Å². The summed E-state index contributed by atoms with van der Waals surface area (Å²) in [5.74, 6) is 0. The Balaban J connectivity index is 2.39. The lowest BCUT2D eigenvalue weighted by molar-refractivity contribution is 0.599. The summed E-state index contributed by atoms with van der Waals surface area (Å²) in [6.07, 6.45) is 2.73. The maximum atomic E-state index is 11.4. The van der Waals surface area contributed by atoms with E-state index in [1.807, 2.05) is 6.92 Å². The van der Waals surface area contributed by atoms with Crippen molar-refractivity contribution in [1.29, 1.82) is 0 Å². The van der Waals surface area contributed by atoms with Gasteiger partial charge < -0.3 is 5.73 Å². The SMILES string of the molecule is CCn1ncc(Cl)c1C(N)c1ccc(S(C)(=O)=O)cc1. The van der Waals surface area contributed by atoms with E-state index in [4.69, 9.17) is 17.3 Å². The van der Waals surface area contributed by atoms with Crippen molar-refractivity contribution >= 4 is 21.4 Å². The van der Waals surface area contributed by atoms with Crippen LogP contribution in [0.3, 0.4) is 0 Å². The number of aryl methyl sites for hydroxylation is 1. The monoisotopic (exact) mass is 313 g/mol. The zero-order valence-electron chi connectivity index (χ0n) is 11.2. The first kappa shape index (κ1) is 15.0. The van der Waals surface area contributed by atoms with Gasteiger partial charge in [-0.05, 0) is 24.6 Å². The van der Waals surface area contributed by atoms with Crippen LogP contribution in [0.5, 0.6) is 0 Å². The fourth-order valence-electron chi connectivity index (χ4n) is 2.01. The first-order chi connectivity index (χ1) is 9.34. The molecule has 2 N–H and O–H groups in total. The number of nitrogens with two attached hydrogens (primary N) is 1. The molecule has 0 aliphatic carbocycles. The number of halogens is 1. The Bertz CT molecular complexity index is 708. The molecule has 1 unspecified atom stereocenters. The minimum Gasteiger partial charge on any atom is -0.319 e. The summed E-state index contributed by atoms with van der Waals surface area (Å²) >= 11 is 6.11. The van der Waals surface area contributed by atoms with E-state index in [1.165, 1.54) is 6.26 Å². The van der Waals surface area contributed by atoms with Crippen molar-refractivity contribution in [2.45, 2.75) is 24.4 Å². The van der Waals surface area contributed by atoms with Crippen molar-refractivity contribution in [2.75, 3.05) is 6.26 Å². The summed E-state index contributed by atoms with van der Waals surface area (Å²) in [4.78, 5) is 0.267. The maximum Gasteiger partial charge on any atom is 0.175 e. The molecule has 7 heteroatoms. The van der Waals surface area contributed by atoms with Crippen molar-refractivity contribution in [3.63, 3.8) is 0 Å². The highest BCUT2D eigenvalue weighted by Crippen LogP contribution is 2.27. The third-order valence-corrected chi connectivity index (χ3v) is 4.51. The maximum absolute atomic E-state index is 11.4. The number of hydrogen-bond acceptors (Lipinski definition) is 4. The highest BCUT2D eigenvalue weighted by molar-refractivity contribution is 7.90. The van der Waals surface area contributed by atoms with E-state index in [2.05, 4.69) is 5.10 Å². The molecule has 5 nitrogen and oxygen atoms in total. The summed E-state index contributed by atoms with van der Waals surface area (Å²) in [5, 5.41) is 4.65. The van der Waals surface area contributed by atoms with Gasteiger partial charge in [-0.25, -0.2) is 8.42 Å². The summed E-state index contributed by atoms with van der Waals surface area (Å²) < 4.78 is 24.6. The van der Waals surface area contributed by atoms with E-state index >= 15 is 0 Å². The molecule has 2 aromatic rings. The Morgan fingerprint density at radius 3 is 2.45 bits per heavy atom. The molecule has 0 fully saturated rings. The Morgan fingerprint density at radius 2 is 1.95 bits per heavy atom. The molecule has 0 radical (unpaired) electrons. The predicted molar refractivity (Wildman–Crippen MR) is 78.5 cm³/mol. The third kappa shape index (κ3) is 2.87. The van der Waals surface area contributed by atoms with Gasteiger partial charge >= 0.3 is 0 Å². The molecule has 1 atom stereocenters. The van der Waals surface area contributed by atoms with Crippen LogP contribution < -0.4 is 5.73 Å². The second-order valence-corrected chi connectivity index (χ2v) is 6.94. The smallest absolute Gasteiger partial charge is 0.175 e. The largest absolute Gasteiger partial charge is 0.319 e. The Labute approximate surface area is 123 Å². The lowest BCUT2D eigenvalue weighted by Crippen LogP contribution is -2.17. The number of nitrogens with zero attached hydrogens (tertiary/aromatic N) is 2. The van der Waals surface area contributed by atoms with E-state index in [9.17, 15) is 8.42 Å². The number of benzene rings is 1. The molecule has 0 saturated heterocycles. The molecule has 108 valence electrons. The van der Waals surface area contributed by atoms with Gasteiger partial charge in [0.2, 0.25) is 0 Å². The summed E-state index contributed by atoms with van der Waals surface area (Å²) in [5.41, 5.74) is 7.71. The molecule has 20 heavy (non-hydrogen) atoms. The number of aromatic nitrogens is 2. The van der Waals surface area contributed by atoms with Crippen molar-refractivity contribution in [2.24, 2.45) is 5.73 Å². The minimum absolute atomic E-state index is 0.267. The van der Waals surface area contributed by atoms with Gasteiger partial charge in [-0.15, -0.1) is 0 Å². The average Bonchev–Trinajstić information content (AvgIpc) is 2.78. The standard InChI is InChI=1S/C13H16ClN3O2S/c1-3-17-13(11(14)8-16-17)12(15)9-4-6-10(7-5-9)20(2,18)19/h4-8,12H,3,15H2,1-2H3. The van der Waals surface area contributed by atoms with Gasteiger partial charge in [0.25, 0.3) is 0 Å². The van der Waals surface area contributed by atoms with Crippen LogP contribution in [0.2, 0.25) is 5.02 Å². The molecule has 0 amide bonds. The highest BCUT2D eigenvalue weighted by Gasteiger charge is 2.18. The quantitative estimate of drug-likeness (QED) is 0.936. The molecule has 0 spiro atoms. The van der Waals surface area contributed by atoms with E-state index < -0.39 is 15.9 Å². The zero-order chi connectivity index (χ0) is 14.9. The molecule has 1 aromatic carbocycles. The normalized spacial score (nSPS) is 13.4. The van der Waals surface area contributed by atoms with Gasteiger partial charge in [0.15, 0.2) is 9.84 Å². The second kappa shape index (κ2) is 5.55. The molecular formula is C13H16ClN3O2S. The van der Waals surface area contributed by atoms with Crippen LogP contribution >= 0.6 is 11.6 Å². The Kier molecular flexibility index (Phi) is 4.17. The number of rotatable bonds is 4. The topological polar surface area (TPSA) is 78.0 Å².